The van der Waals surface area contributed by atoms with Crippen LogP contribution in [0.5, 0.6) is 0 Å². The molecule has 0 unspecified atom stereocenters. The largest absolute Gasteiger partial charge is 0.356 e. The number of nitrogens with one attached hydrogen (secondary N) is 2. The summed E-state index contributed by atoms with van der Waals surface area (Å²) >= 11 is 1.13. The highest BCUT2D eigenvalue weighted by molar-refractivity contribution is 8.00. The molecule has 6 N–H and O–H groups in total. The third-order valence-electron chi connectivity index (χ3n) is 3.10. The highest BCUT2D eigenvalue weighted by Crippen LogP contribution is 2.12. The van der Waals surface area contributed by atoms with Gasteiger partial charge in [0.1, 0.15) is 0 Å². The molecule has 0 fully saturated rings. The molecule has 0 rings (SSSR count). The number of rotatable bonds is 13. The molecule has 0 aliphatic heterocycles. The number of amides is 2. The lowest BCUT2D eigenvalue weighted by Crippen LogP contribution is -2.60. The molecule has 7 heteroatoms. The van der Waals surface area contributed by atoms with E-state index in [2.05, 4.69) is 23.5 Å². The number of terminal acetylenes is 1. The van der Waals surface area contributed by atoms with Crippen molar-refractivity contribution in [2.24, 2.45) is 11.5 Å². The van der Waals surface area contributed by atoms with Crippen molar-refractivity contribution >= 4 is 23.6 Å². The first-order chi connectivity index (χ1) is 10.9. The Morgan fingerprint density at radius 1 is 1.13 bits per heavy atom. The minimum atomic E-state index is -1.38. The van der Waals surface area contributed by atoms with Gasteiger partial charge >= 0.3 is 0 Å². The van der Waals surface area contributed by atoms with Crippen LogP contribution in [0.25, 0.3) is 0 Å². The highest BCUT2D eigenvalue weighted by Gasteiger charge is 2.22. The fourth-order valence-electron chi connectivity index (χ4n) is 1.86. The Morgan fingerprint density at radius 2 is 1.83 bits per heavy atom. The molecule has 0 aliphatic carbocycles. The average molecular weight is 343 g/mol. The van der Waals surface area contributed by atoms with Crippen molar-refractivity contribution < 1.29 is 9.59 Å². The molecule has 132 valence electrons. The van der Waals surface area contributed by atoms with Gasteiger partial charge in [-0.2, -0.15) is 0 Å². The number of nitrogens with two attached hydrogens (primary N) is 2. The zero-order valence-corrected chi connectivity index (χ0v) is 14.8. The Morgan fingerprint density at radius 3 is 2.48 bits per heavy atom. The lowest BCUT2D eigenvalue weighted by Gasteiger charge is -2.24. The molecular weight excluding hydrogens is 312 g/mol. The summed E-state index contributed by atoms with van der Waals surface area (Å²) in [6.07, 6.45) is 11.7. The van der Waals surface area contributed by atoms with Crippen LogP contribution in [0.2, 0.25) is 0 Å². The normalized spacial score (nSPS) is 10.9. The standard InChI is InChI=1S/C16H30N4O2S/c1-3-5-7-8-9-12-19-14(21)11-13-23-16(17,18)20-15(22)10-6-4-2/h2H,3,5-13,17-18H2,1H3,(H,19,21)(H,20,22). The fraction of sp³-hybridized carbons (Fsp3) is 0.750. The van der Waals surface area contributed by atoms with Gasteiger partial charge in [0, 0.05) is 31.6 Å². The molecule has 0 aromatic rings. The molecule has 0 bridgehead atoms. The lowest BCUT2D eigenvalue weighted by atomic mass is 10.1. The van der Waals surface area contributed by atoms with Gasteiger partial charge in [-0.15, -0.1) is 24.1 Å². The van der Waals surface area contributed by atoms with Crippen molar-refractivity contribution in [3.63, 3.8) is 0 Å². The van der Waals surface area contributed by atoms with Gasteiger partial charge < -0.3 is 10.6 Å². The van der Waals surface area contributed by atoms with E-state index in [0.29, 0.717) is 25.1 Å². The van der Waals surface area contributed by atoms with Crippen LogP contribution in [0.1, 0.15) is 58.3 Å². The summed E-state index contributed by atoms with van der Waals surface area (Å²) in [4.78, 5) is 23.2. The summed E-state index contributed by atoms with van der Waals surface area (Å²) in [5.41, 5.74) is 11.5. The van der Waals surface area contributed by atoms with E-state index in [1.807, 2.05) is 0 Å². The average Bonchev–Trinajstić information content (AvgIpc) is 2.48. The SMILES string of the molecule is C#CCCC(=O)NC(N)(N)SCCC(=O)NCCCCCCC. The van der Waals surface area contributed by atoms with Gasteiger partial charge in [-0.1, -0.05) is 32.6 Å². The molecule has 0 heterocycles. The fourth-order valence-corrected chi connectivity index (χ4v) is 2.67. The van der Waals surface area contributed by atoms with Gasteiger partial charge in [0.05, 0.1) is 0 Å². The molecule has 0 saturated carbocycles. The molecule has 0 spiro atoms. The van der Waals surface area contributed by atoms with Crippen molar-refractivity contribution in [2.75, 3.05) is 12.3 Å². The van der Waals surface area contributed by atoms with Crippen LogP contribution in [0.4, 0.5) is 0 Å². The van der Waals surface area contributed by atoms with Gasteiger partial charge in [0.25, 0.3) is 0 Å². The Hall–Kier alpha value is -1.23. The van der Waals surface area contributed by atoms with Crippen LogP contribution >= 0.6 is 11.8 Å². The predicted octanol–water partition coefficient (Wildman–Crippen LogP) is 1.25. The summed E-state index contributed by atoms with van der Waals surface area (Å²) in [6.45, 7) is 2.87. The van der Waals surface area contributed by atoms with Crippen LogP contribution < -0.4 is 22.1 Å². The van der Waals surface area contributed by atoms with Crippen LogP contribution in [0.3, 0.4) is 0 Å². The Kier molecular flexibility index (Phi) is 12.5. The number of hydrogen-bond acceptors (Lipinski definition) is 5. The van der Waals surface area contributed by atoms with Gasteiger partial charge in [0.2, 0.25) is 11.8 Å². The smallest absolute Gasteiger partial charge is 0.224 e. The monoisotopic (exact) mass is 342 g/mol. The van der Waals surface area contributed by atoms with E-state index in [9.17, 15) is 9.59 Å². The second-order valence-corrected chi connectivity index (χ2v) is 6.78. The van der Waals surface area contributed by atoms with E-state index >= 15 is 0 Å². The van der Waals surface area contributed by atoms with Crippen molar-refractivity contribution in [1.82, 2.24) is 10.6 Å². The molecular formula is C16H30N4O2S. The lowest BCUT2D eigenvalue weighted by molar-refractivity contribution is -0.122. The summed E-state index contributed by atoms with van der Waals surface area (Å²) in [7, 11) is 0. The van der Waals surface area contributed by atoms with Gasteiger partial charge in [0.15, 0.2) is 5.12 Å². The second kappa shape index (κ2) is 13.2. The first-order valence-corrected chi connectivity index (χ1v) is 9.12. The topological polar surface area (TPSA) is 110 Å². The number of unbranched alkanes of at least 4 members (excludes halogenated alkanes) is 4. The zero-order chi connectivity index (χ0) is 17.6. The van der Waals surface area contributed by atoms with E-state index < -0.39 is 5.12 Å². The molecule has 0 saturated heterocycles. The van der Waals surface area contributed by atoms with E-state index in [1.54, 1.807) is 0 Å². The van der Waals surface area contributed by atoms with Crippen LogP contribution in [-0.4, -0.2) is 29.2 Å². The quantitative estimate of drug-likeness (QED) is 0.229. The molecule has 23 heavy (non-hydrogen) atoms. The Bertz CT molecular complexity index is 394. The molecule has 0 radical (unpaired) electrons. The Labute approximate surface area is 143 Å². The third-order valence-corrected chi connectivity index (χ3v) is 4.09. The van der Waals surface area contributed by atoms with Crippen molar-refractivity contribution in [3.8, 4) is 12.3 Å². The Balaban J connectivity index is 3.72. The molecule has 0 aromatic carbocycles. The molecule has 0 aliphatic rings. The maximum Gasteiger partial charge on any atom is 0.224 e. The van der Waals surface area contributed by atoms with Crippen molar-refractivity contribution in [1.29, 1.82) is 0 Å². The number of carbonyl (C=O) groups excluding carboxylic acids is 2. The highest BCUT2D eigenvalue weighted by atomic mass is 32.2. The minimum absolute atomic E-state index is 0.0255. The van der Waals surface area contributed by atoms with Crippen LogP contribution in [0, 0.1) is 12.3 Å². The van der Waals surface area contributed by atoms with E-state index in [0.717, 1.165) is 24.6 Å². The first-order valence-electron chi connectivity index (χ1n) is 8.14. The first kappa shape index (κ1) is 21.8. The van der Waals surface area contributed by atoms with E-state index in [1.165, 1.54) is 19.3 Å². The maximum absolute atomic E-state index is 11.7. The van der Waals surface area contributed by atoms with Crippen molar-refractivity contribution in [2.45, 2.75) is 63.4 Å². The van der Waals surface area contributed by atoms with Crippen LogP contribution in [-0.2, 0) is 9.59 Å². The second-order valence-electron chi connectivity index (χ2n) is 5.41. The zero-order valence-electron chi connectivity index (χ0n) is 14.0. The number of thioether (sulfide) groups is 1. The summed E-state index contributed by atoms with van der Waals surface area (Å²) in [5.74, 6) is 2.49. The minimum Gasteiger partial charge on any atom is -0.356 e. The van der Waals surface area contributed by atoms with Gasteiger partial charge in [-0.3, -0.25) is 21.1 Å². The van der Waals surface area contributed by atoms with Gasteiger partial charge in [-0.05, 0) is 6.42 Å². The number of carbonyl (C=O) groups is 2. The summed E-state index contributed by atoms with van der Waals surface area (Å²) in [5, 5.41) is 3.98. The predicted molar refractivity (Wildman–Crippen MR) is 96.2 cm³/mol. The molecule has 6 nitrogen and oxygen atoms in total. The number of hydrogen-bond donors (Lipinski definition) is 4. The maximum atomic E-state index is 11.7. The van der Waals surface area contributed by atoms with E-state index in [-0.39, 0.29) is 18.2 Å². The van der Waals surface area contributed by atoms with Gasteiger partial charge in [-0.25, -0.2) is 0 Å². The molecule has 2 amide bonds. The van der Waals surface area contributed by atoms with Crippen LogP contribution in [0.15, 0.2) is 0 Å². The summed E-state index contributed by atoms with van der Waals surface area (Å²) in [6, 6.07) is 0. The molecule has 0 atom stereocenters. The van der Waals surface area contributed by atoms with Crippen molar-refractivity contribution in [3.05, 3.63) is 0 Å². The van der Waals surface area contributed by atoms with E-state index in [4.69, 9.17) is 17.9 Å². The third kappa shape index (κ3) is 14.1. The summed E-state index contributed by atoms with van der Waals surface area (Å²) < 4.78 is 0. The molecule has 0 aromatic heterocycles.